The molecule has 1 aromatic carbocycles. The van der Waals surface area contributed by atoms with Gasteiger partial charge in [-0.3, -0.25) is 14.4 Å². The molecule has 0 radical (unpaired) electrons. The van der Waals surface area contributed by atoms with Crippen LogP contribution in [0, 0.1) is 0 Å². The summed E-state index contributed by atoms with van der Waals surface area (Å²) in [5.74, 6) is -0.250. The summed E-state index contributed by atoms with van der Waals surface area (Å²) in [5, 5.41) is 5.67. The molecule has 5 heteroatoms. The molecule has 0 spiro atoms. The quantitative estimate of drug-likeness (QED) is 0.722. The number of carbonyl (C=O) groups is 3. The van der Waals surface area contributed by atoms with E-state index in [0.717, 1.165) is 12.8 Å². The molecule has 1 fully saturated rings. The van der Waals surface area contributed by atoms with Gasteiger partial charge in [-0.1, -0.05) is 43.2 Å². The molecule has 0 heterocycles. The summed E-state index contributed by atoms with van der Waals surface area (Å²) < 4.78 is 0. The maximum absolute atomic E-state index is 11.9. The first-order valence-corrected chi connectivity index (χ1v) is 8.29. The SMILES string of the molecule is O=C(CCC(=O)c1ccccc1)NCCC(=O)NC1CCCC1. The van der Waals surface area contributed by atoms with Crippen molar-refractivity contribution in [2.45, 2.75) is 51.0 Å². The fraction of sp³-hybridized carbons (Fsp3) is 0.500. The summed E-state index contributed by atoms with van der Waals surface area (Å²) >= 11 is 0. The van der Waals surface area contributed by atoms with Crippen LogP contribution in [0.1, 0.15) is 55.3 Å². The first kappa shape index (κ1) is 17.2. The molecule has 0 saturated heterocycles. The third-order valence-electron chi connectivity index (χ3n) is 4.07. The van der Waals surface area contributed by atoms with Crippen LogP contribution in [0.25, 0.3) is 0 Å². The van der Waals surface area contributed by atoms with E-state index >= 15 is 0 Å². The Morgan fingerprint density at radius 1 is 0.913 bits per heavy atom. The average molecular weight is 316 g/mol. The molecule has 124 valence electrons. The zero-order valence-electron chi connectivity index (χ0n) is 13.3. The van der Waals surface area contributed by atoms with Crippen LogP contribution in [0.15, 0.2) is 30.3 Å². The molecule has 1 saturated carbocycles. The predicted molar refractivity (Wildman–Crippen MR) is 88.0 cm³/mol. The Kier molecular flexibility index (Phi) is 6.78. The van der Waals surface area contributed by atoms with Crippen molar-refractivity contribution >= 4 is 17.6 Å². The molecule has 5 nitrogen and oxygen atoms in total. The van der Waals surface area contributed by atoms with Gasteiger partial charge in [0.1, 0.15) is 0 Å². The highest BCUT2D eigenvalue weighted by atomic mass is 16.2. The maximum Gasteiger partial charge on any atom is 0.221 e. The molecule has 0 atom stereocenters. The van der Waals surface area contributed by atoms with Gasteiger partial charge >= 0.3 is 0 Å². The number of nitrogens with one attached hydrogen (secondary N) is 2. The monoisotopic (exact) mass is 316 g/mol. The molecule has 0 unspecified atom stereocenters. The van der Waals surface area contributed by atoms with E-state index in [1.165, 1.54) is 12.8 Å². The van der Waals surface area contributed by atoms with Gasteiger partial charge in [-0.05, 0) is 12.8 Å². The third-order valence-corrected chi connectivity index (χ3v) is 4.07. The normalized spacial score (nSPS) is 14.4. The highest BCUT2D eigenvalue weighted by Gasteiger charge is 2.16. The smallest absolute Gasteiger partial charge is 0.221 e. The summed E-state index contributed by atoms with van der Waals surface area (Å²) in [6.45, 7) is 0.316. The van der Waals surface area contributed by atoms with Gasteiger partial charge in [0.2, 0.25) is 11.8 Å². The predicted octanol–water partition coefficient (Wildman–Crippen LogP) is 2.21. The zero-order valence-corrected chi connectivity index (χ0v) is 13.3. The van der Waals surface area contributed by atoms with E-state index in [2.05, 4.69) is 10.6 Å². The van der Waals surface area contributed by atoms with Crippen molar-refractivity contribution < 1.29 is 14.4 Å². The summed E-state index contributed by atoms with van der Waals surface area (Å²) in [6.07, 6.45) is 5.09. The van der Waals surface area contributed by atoms with E-state index in [1.54, 1.807) is 24.3 Å². The Labute approximate surface area is 136 Å². The van der Waals surface area contributed by atoms with Crippen LogP contribution in [0.2, 0.25) is 0 Å². The van der Waals surface area contributed by atoms with Crippen LogP contribution in [0.4, 0.5) is 0 Å². The number of hydrogen-bond acceptors (Lipinski definition) is 3. The van der Waals surface area contributed by atoms with Crippen LogP contribution in [0.3, 0.4) is 0 Å². The second-order valence-corrected chi connectivity index (χ2v) is 5.94. The Hall–Kier alpha value is -2.17. The van der Waals surface area contributed by atoms with Crippen LogP contribution in [-0.4, -0.2) is 30.2 Å². The lowest BCUT2D eigenvalue weighted by Gasteiger charge is -2.12. The molecule has 2 rings (SSSR count). The summed E-state index contributed by atoms with van der Waals surface area (Å²) in [5.41, 5.74) is 0.622. The van der Waals surface area contributed by atoms with Crippen molar-refractivity contribution in [3.63, 3.8) is 0 Å². The van der Waals surface area contributed by atoms with Gasteiger partial charge in [-0.25, -0.2) is 0 Å². The van der Waals surface area contributed by atoms with E-state index in [9.17, 15) is 14.4 Å². The highest BCUT2D eigenvalue weighted by molar-refractivity contribution is 5.97. The molecule has 23 heavy (non-hydrogen) atoms. The second kappa shape index (κ2) is 9.08. The lowest BCUT2D eigenvalue weighted by atomic mass is 10.1. The largest absolute Gasteiger partial charge is 0.356 e. The van der Waals surface area contributed by atoms with Gasteiger partial charge in [-0.15, -0.1) is 0 Å². The Bertz CT molecular complexity index is 536. The molecule has 0 bridgehead atoms. The number of amides is 2. The molecular weight excluding hydrogens is 292 g/mol. The fourth-order valence-electron chi connectivity index (χ4n) is 2.77. The van der Waals surface area contributed by atoms with Crippen molar-refractivity contribution in [3.05, 3.63) is 35.9 Å². The standard InChI is InChI=1S/C18H24N2O3/c21-16(14-6-2-1-3-7-14)10-11-17(22)19-13-12-18(23)20-15-8-4-5-9-15/h1-3,6-7,15H,4-5,8-13H2,(H,19,22)(H,20,23). The molecule has 1 aliphatic rings. The minimum atomic E-state index is -0.192. The lowest BCUT2D eigenvalue weighted by Crippen LogP contribution is -2.35. The van der Waals surface area contributed by atoms with Crippen molar-refractivity contribution in [2.24, 2.45) is 0 Å². The summed E-state index contributed by atoms with van der Waals surface area (Å²) in [4.78, 5) is 35.3. The first-order chi connectivity index (χ1) is 11.1. The van der Waals surface area contributed by atoms with Crippen LogP contribution in [0.5, 0.6) is 0 Å². The molecule has 0 aliphatic heterocycles. The molecule has 2 amide bonds. The number of carbonyl (C=O) groups excluding carboxylic acids is 3. The van der Waals surface area contributed by atoms with Gasteiger partial charge in [0.25, 0.3) is 0 Å². The van der Waals surface area contributed by atoms with Gasteiger partial charge in [-0.2, -0.15) is 0 Å². The van der Waals surface area contributed by atoms with Crippen LogP contribution >= 0.6 is 0 Å². The topological polar surface area (TPSA) is 75.3 Å². The van der Waals surface area contributed by atoms with E-state index in [0.29, 0.717) is 18.2 Å². The first-order valence-electron chi connectivity index (χ1n) is 8.29. The fourth-order valence-corrected chi connectivity index (χ4v) is 2.77. The zero-order chi connectivity index (χ0) is 16.5. The van der Waals surface area contributed by atoms with E-state index in [4.69, 9.17) is 0 Å². The molecular formula is C18H24N2O3. The number of Topliss-reactive ketones (excluding diaryl/α,β-unsaturated/α-hetero) is 1. The molecule has 1 aliphatic carbocycles. The number of benzene rings is 1. The highest BCUT2D eigenvalue weighted by Crippen LogP contribution is 2.17. The van der Waals surface area contributed by atoms with Crippen molar-refractivity contribution in [1.29, 1.82) is 0 Å². The number of ketones is 1. The third kappa shape index (κ3) is 6.22. The van der Waals surface area contributed by atoms with Gasteiger partial charge in [0.15, 0.2) is 5.78 Å². The van der Waals surface area contributed by atoms with E-state index in [1.807, 2.05) is 6.07 Å². The molecule has 1 aromatic rings. The van der Waals surface area contributed by atoms with E-state index < -0.39 is 0 Å². The van der Waals surface area contributed by atoms with Crippen molar-refractivity contribution in [1.82, 2.24) is 10.6 Å². The van der Waals surface area contributed by atoms with Crippen LogP contribution in [-0.2, 0) is 9.59 Å². The van der Waals surface area contributed by atoms with Gasteiger partial charge in [0.05, 0.1) is 0 Å². The number of rotatable bonds is 8. The van der Waals surface area contributed by atoms with Crippen LogP contribution < -0.4 is 10.6 Å². The van der Waals surface area contributed by atoms with E-state index in [-0.39, 0.29) is 36.9 Å². The van der Waals surface area contributed by atoms with Gasteiger partial charge < -0.3 is 10.6 Å². The lowest BCUT2D eigenvalue weighted by molar-refractivity contribution is -0.122. The van der Waals surface area contributed by atoms with Crippen molar-refractivity contribution in [3.8, 4) is 0 Å². The summed E-state index contributed by atoms with van der Waals surface area (Å²) in [6, 6.07) is 9.25. The minimum Gasteiger partial charge on any atom is -0.356 e. The Balaban J connectivity index is 1.58. The van der Waals surface area contributed by atoms with Gasteiger partial charge in [0, 0.05) is 37.4 Å². The van der Waals surface area contributed by atoms with Crippen molar-refractivity contribution in [2.75, 3.05) is 6.54 Å². The number of hydrogen-bond donors (Lipinski definition) is 2. The summed E-state index contributed by atoms with van der Waals surface area (Å²) in [7, 11) is 0. The maximum atomic E-state index is 11.9. The Morgan fingerprint density at radius 3 is 2.30 bits per heavy atom. The average Bonchev–Trinajstić information content (AvgIpc) is 3.06. The molecule has 2 N–H and O–H groups in total. The second-order valence-electron chi connectivity index (χ2n) is 5.94. The molecule has 0 aromatic heterocycles. The Morgan fingerprint density at radius 2 is 1.61 bits per heavy atom. The minimum absolute atomic E-state index is 0.0161.